The van der Waals surface area contributed by atoms with Gasteiger partial charge < -0.3 is 11.1 Å². The van der Waals surface area contributed by atoms with Gasteiger partial charge in [0.05, 0.1) is 18.8 Å². The topological polar surface area (TPSA) is 55.1 Å². The molecule has 0 unspecified atom stereocenters. The Morgan fingerprint density at radius 1 is 1.33 bits per heavy atom. The minimum Gasteiger partial charge on any atom is -0.349 e. The number of thioether (sulfide) groups is 1. The quantitative estimate of drug-likeness (QED) is 0.789. The first-order chi connectivity index (χ1) is 8.03. The minimum atomic E-state index is -3.03. The van der Waals surface area contributed by atoms with Crippen LogP contribution in [0.4, 0.5) is 8.78 Å². The van der Waals surface area contributed by atoms with E-state index in [1.165, 1.54) is 11.8 Å². The molecule has 0 spiro atoms. The Balaban J connectivity index is 0.00000289. The summed E-state index contributed by atoms with van der Waals surface area (Å²) in [7, 11) is 0. The number of amides is 1. The van der Waals surface area contributed by atoms with Gasteiger partial charge in [0.2, 0.25) is 5.91 Å². The number of hydrogen-bond acceptors (Lipinski definition) is 3. The van der Waals surface area contributed by atoms with Gasteiger partial charge in [0.25, 0.3) is 5.92 Å². The van der Waals surface area contributed by atoms with Crippen molar-refractivity contribution in [3.63, 3.8) is 0 Å². The second-order valence-electron chi connectivity index (χ2n) is 3.44. The fourth-order valence-electron chi connectivity index (χ4n) is 1.02. The summed E-state index contributed by atoms with van der Waals surface area (Å²) in [4.78, 5) is 12.2. The number of nitrogens with two attached hydrogens (primary N) is 1. The van der Waals surface area contributed by atoms with E-state index < -0.39 is 24.9 Å². The molecule has 1 aromatic rings. The normalized spacial score (nSPS) is 10.6. The molecule has 0 saturated heterocycles. The average Bonchev–Trinajstić information content (AvgIpc) is 2.35. The first-order valence-electron chi connectivity index (χ1n) is 5.06. The number of carbonyl (C=O) groups is 1. The number of carbonyl (C=O) groups excluding carboxylic acids is 1. The highest BCUT2D eigenvalue weighted by Gasteiger charge is 2.26. The van der Waals surface area contributed by atoms with Gasteiger partial charge >= 0.3 is 0 Å². The highest BCUT2D eigenvalue weighted by molar-refractivity contribution is 8.00. The molecule has 3 nitrogen and oxygen atoms in total. The van der Waals surface area contributed by atoms with Crippen LogP contribution in [0.25, 0.3) is 0 Å². The molecule has 0 aliphatic rings. The summed E-state index contributed by atoms with van der Waals surface area (Å²) in [6, 6.07) is 9.27. The van der Waals surface area contributed by atoms with Crippen LogP contribution >= 0.6 is 24.2 Å². The maximum atomic E-state index is 12.7. The summed E-state index contributed by atoms with van der Waals surface area (Å²) in [5.41, 5.74) is 4.85. The van der Waals surface area contributed by atoms with Gasteiger partial charge in [-0.25, -0.2) is 8.78 Å². The Hall–Kier alpha value is -0.850. The molecule has 0 aliphatic heterocycles. The zero-order valence-electron chi connectivity index (χ0n) is 9.57. The van der Waals surface area contributed by atoms with Crippen LogP contribution in [0.5, 0.6) is 0 Å². The van der Waals surface area contributed by atoms with Crippen LogP contribution in [0.3, 0.4) is 0 Å². The fourth-order valence-corrected chi connectivity index (χ4v) is 1.77. The second kappa shape index (κ2) is 8.29. The molecule has 102 valence electrons. The third-order valence-electron chi connectivity index (χ3n) is 1.96. The summed E-state index contributed by atoms with van der Waals surface area (Å²) in [5.74, 6) is -3.34. The number of hydrogen-bond donors (Lipinski definition) is 2. The predicted octanol–water partition coefficient (Wildman–Crippen LogP) is 1.91. The molecule has 1 aromatic carbocycles. The van der Waals surface area contributed by atoms with Crippen molar-refractivity contribution >= 4 is 30.1 Å². The van der Waals surface area contributed by atoms with Crippen molar-refractivity contribution in [3.8, 4) is 0 Å². The predicted molar refractivity (Wildman–Crippen MR) is 71.4 cm³/mol. The van der Waals surface area contributed by atoms with E-state index in [-0.39, 0.29) is 18.2 Å². The lowest BCUT2D eigenvalue weighted by Gasteiger charge is -2.14. The lowest BCUT2D eigenvalue weighted by atomic mass is 10.3. The van der Waals surface area contributed by atoms with Crippen LogP contribution < -0.4 is 11.1 Å². The third-order valence-corrected chi connectivity index (χ3v) is 2.97. The van der Waals surface area contributed by atoms with Gasteiger partial charge in [-0.3, -0.25) is 4.79 Å². The average molecular weight is 297 g/mol. The van der Waals surface area contributed by atoms with Gasteiger partial charge in [-0.05, 0) is 12.1 Å². The van der Waals surface area contributed by atoms with Crippen molar-refractivity contribution in [1.29, 1.82) is 0 Å². The fraction of sp³-hybridized carbons (Fsp3) is 0.364. The number of alkyl halides is 2. The molecule has 3 N–H and O–H groups in total. The molecule has 0 radical (unpaired) electrons. The van der Waals surface area contributed by atoms with E-state index in [0.29, 0.717) is 0 Å². The van der Waals surface area contributed by atoms with Gasteiger partial charge in [-0.15, -0.1) is 24.2 Å². The lowest BCUT2D eigenvalue weighted by Crippen LogP contribution is -2.42. The lowest BCUT2D eigenvalue weighted by molar-refractivity contribution is -0.120. The van der Waals surface area contributed by atoms with Crippen molar-refractivity contribution in [3.05, 3.63) is 30.3 Å². The summed E-state index contributed by atoms with van der Waals surface area (Å²) in [6.07, 6.45) is 0. The SMILES string of the molecule is Cl.NCC(F)(F)CNC(=O)CSc1ccccc1. The van der Waals surface area contributed by atoms with Crippen molar-refractivity contribution in [2.24, 2.45) is 5.73 Å². The Bertz CT molecular complexity index is 365. The van der Waals surface area contributed by atoms with E-state index in [1.54, 1.807) is 0 Å². The molecule has 0 saturated carbocycles. The highest BCUT2D eigenvalue weighted by atomic mass is 35.5. The number of rotatable bonds is 6. The maximum absolute atomic E-state index is 12.7. The van der Waals surface area contributed by atoms with Gasteiger partial charge in [0.1, 0.15) is 0 Å². The van der Waals surface area contributed by atoms with Crippen molar-refractivity contribution in [1.82, 2.24) is 5.32 Å². The molecule has 0 heterocycles. The molecule has 0 atom stereocenters. The van der Waals surface area contributed by atoms with E-state index in [2.05, 4.69) is 5.32 Å². The third kappa shape index (κ3) is 6.78. The molecule has 0 fully saturated rings. The van der Waals surface area contributed by atoms with Gasteiger partial charge in [-0.2, -0.15) is 0 Å². The van der Waals surface area contributed by atoms with Crippen molar-refractivity contribution in [2.45, 2.75) is 10.8 Å². The molecule has 7 heteroatoms. The summed E-state index contributed by atoms with van der Waals surface area (Å²) in [6.45, 7) is -1.48. The molecule has 1 amide bonds. The number of benzene rings is 1. The first kappa shape index (κ1) is 17.2. The van der Waals surface area contributed by atoms with Crippen LogP contribution in [-0.4, -0.2) is 30.7 Å². The minimum absolute atomic E-state index is 0. The molecule has 18 heavy (non-hydrogen) atoms. The van der Waals surface area contributed by atoms with E-state index >= 15 is 0 Å². The largest absolute Gasteiger partial charge is 0.349 e. The van der Waals surface area contributed by atoms with Crippen molar-refractivity contribution in [2.75, 3.05) is 18.8 Å². The molecule has 1 rings (SSSR count). The van der Waals surface area contributed by atoms with E-state index in [9.17, 15) is 13.6 Å². The van der Waals surface area contributed by atoms with Crippen LogP contribution in [0.15, 0.2) is 35.2 Å². The summed E-state index contributed by atoms with van der Waals surface area (Å²) in [5, 5.41) is 2.15. The monoisotopic (exact) mass is 296 g/mol. The molecular formula is C11H15ClF2N2OS. The summed E-state index contributed by atoms with van der Waals surface area (Å²) >= 11 is 1.30. The zero-order chi connectivity index (χ0) is 12.7. The van der Waals surface area contributed by atoms with E-state index in [1.807, 2.05) is 30.3 Å². The van der Waals surface area contributed by atoms with Gasteiger partial charge in [-0.1, -0.05) is 18.2 Å². The zero-order valence-corrected chi connectivity index (χ0v) is 11.2. The van der Waals surface area contributed by atoms with Crippen LogP contribution in [-0.2, 0) is 4.79 Å². The second-order valence-corrected chi connectivity index (χ2v) is 4.49. The van der Waals surface area contributed by atoms with E-state index in [0.717, 1.165) is 4.90 Å². The summed E-state index contributed by atoms with van der Waals surface area (Å²) < 4.78 is 25.5. The molecule has 0 aromatic heterocycles. The Labute approximate surface area is 115 Å². The Kier molecular flexibility index (Phi) is 7.90. The molecular weight excluding hydrogens is 282 g/mol. The van der Waals surface area contributed by atoms with E-state index in [4.69, 9.17) is 5.73 Å². The highest BCUT2D eigenvalue weighted by Crippen LogP contribution is 2.16. The number of nitrogens with one attached hydrogen (secondary N) is 1. The van der Waals surface area contributed by atoms with Crippen LogP contribution in [0, 0.1) is 0 Å². The standard InChI is InChI=1S/C11H14F2N2OS.ClH/c12-11(13,7-14)8-15-10(16)6-17-9-4-2-1-3-5-9;/h1-5H,6-8,14H2,(H,15,16);1H. The first-order valence-corrected chi connectivity index (χ1v) is 6.04. The molecule has 0 bridgehead atoms. The van der Waals surface area contributed by atoms with Crippen LogP contribution in [0.2, 0.25) is 0 Å². The Morgan fingerprint density at radius 2 is 1.94 bits per heavy atom. The Morgan fingerprint density at radius 3 is 2.50 bits per heavy atom. The van der Waals surface area contributed by atoms with Crippen molar-refractivity contribution < 1.29 is 13.6 Å². The maximum Gasteiger partial charge on any atom is 0.277 e. The van der Waals surface area contributed by atoms with Gasteiger partial charge in [0.15, 0.2) is 0 Å². The van der Waals surface area contributed by atoms with Crippen LogP contribution in [0.1, 0.15) is 0 Å². The van der Waals surface area contributed by atoms with Gasteiger partial charge in [0, 0.05) is 4.90 Å². The number of halogens is 3. The smallest absolute Gasteiger partial charge is 0.277 e. The molecule has 0 aliphatic carbocycles.